The lowest BCUT2D eigenvalue weighted by Crippen LogP contribution is -2.38. The lowest BCUT2D eigenvalue weighted by atomic mass is 10.0. The summed E-state index contributed by atoms with van der Waals surface area (Å²) in [5.41, 5.74) is 0.942. The number of carbonyl (C=O) groups is 1. The van der Waals surface area contributed by atoms with Gasteiger partial charge in [0.1, 0.15) is 11.5 Å². The summed E-state index contributed by atoms with van der Waals surface area (Å²) in [6.45, 7) is 3.73. The number of hydrogen-bond donors (Lipinski definition) is 1. The molecule has 6 heteroatoms. The van der Waals surface area contributed by atoms with Crippen molar-refractivity contribution >= 4 is 5.91 Å². The van der Waals surface area contributed by atoms with Crippen molar-refractivity contribution in [1.82, 2.24) is 5.32 Å². The minimum Gasteiger partial charge on any atom is -0.497 e. The minimum atomic E-state index is -0.647. The number of carbonyl (C=O) groups excluding carboxylic acids is 1. The largest absolute Gasteiger partial charge is 0.497 e. The van der Waals surface area contributed by atoms with E-state index in [1.54, 1.807) is 40.4 Å². The summed E-state index contributed by atoms with van der Waals surface area (Å²) in [7, 11) is 4.77. The van der Waals surface area contributed by atoms with Crippen LogP contribution in [0.3, 0.4) is 0 Å². The average Bonchev–Trinajstić information content (AvgIpc) is 2.71. The number of ether oxygens (including phenoxy) is 4. The summed E-state index contributed by atoms with van der Waals surface area (Å²) in [6, 6.07) is 12.6. The Morgan fingerprint density at radius 2 is 1.67 bits per heavy atom. The Hall–Kier alpha value is -2.89. The van der Waals surface area contributed by atoms with E-state index < -0.39 is 6.10 Å². The molecule has 6 nitrogen and oxygen atoms in total. The predicted molar refractivity (Wildman–Crippen MR) is 104 cm³/mol. The molecule has 2 atom stereocenters. The van der Waals surface area contributed by atoms with Crippen LogP contribution >= 0.6 is 0 Å². The van der Waals surface area contributed by atoms with Gasteiger partial charge in [-0.2, -0.15) is 0 Å². The molecule has 0 spiro atoms. The molecule has 0 aliphatic rings. The minimum absolute atomic E-state index is 0.159. The molecule has 2 rings (SSSR count). The molecule has 2 aromatic carbocycles. The highest BCUT2D eigenvalue weighted by Crippen LogP contribution is 2.31. The molecule has 0 saturated heterocycles. The van der Waals surface area contributed by atoms with Crippen LogP contribution in [0, 0.1) is 0 Å². The highest BCUT2D eigenvalue weighted by atomic mass is 16.5. The number of methoxy groups -OCH3 is 3. The fourth-order valence-electron chi connectivity index (χ4n) is 2.71. The van der Waals surface area contributed by atoms with Gasteiger partial charge in [0.05, 0.1) is 27.4 Å². The van der Waals surface area contributed by atoms with E-state index in [9.17, 15) is 4.79 Å². The third-order valence-electron chi connectivity index (χ3n) is 4.26. The van der Waals surface area contributed by atoms with Gasteiger partial charge < -0.3 is 24.3 Å². The summed E-state index contributed by atoms with van der Waals surface area (Å²) < 4.78 is 21.5. The molecular weight excluding hydrogens is 346 g/mol. The van der Waals surface area contributed by atoms with Gasteiger partial charge in [-0.1, -0.05) is 19.1 Å². The highest BCUT2D eigenvalue weighted by Gasteiger charge is 2.20. The van der Waals surface area contributed by atoms with Gasteiger partial charge in [-0.3, -0.25) is 4.79 Å². The third-order valence-corrected chi connectivity index (χ3v) is 4.26. The monoisotopic (exact) mass is 373 g/mol. The molecule has 0 fully saturated rings. The van der Waals surface area contributed by atoms with Crippen molar-refractivity contribution in [1.29, 1.82) is 0 Å². The van der Waals surface area contributed by atoms with E-state index in [1.165, 1.54) is 0 Å². The van der Waals surface area contributed by atoms with Gasteiger partial charge in [0, 0.05) is 6.07 Å². The zero-order valence-electron chi connectivity index (χ0n) is 16.4. The van der Waals surface area contributed by atoms with Crippen molar-refractivity contribution in [2.75, 3.05) is 21.3 Å². The van der Waals surface area contributed by atoms with E-state index in [-0.39, 0.29) is 11.9 Å². The van der Waals surface area contributed by atoms with Gasteiger partial charge in [-0.05, 0) is 43.2 Å². The van der Waals surface area contributed by atoms with E-state index in [4.69, 9.17) is 18.9 Å². The molecule has 27 heavy (non-hydrogen) atoms. The topological polar surface area (TPSA) is 66.0 Å². The maximum absolute atomic E-state index is 12.6. The van der Waals surface area contributed by atoms with Crippen LogP contribution in [0.4, 0.5) is 0 Å². The molecule has 0 aromatic heterocycles. The number of benzene rings is 2. The van der Waals surface area contributed by atoms with Gasteiger partial charge in [-0.25, -0.2) is 0 Å². The first kappa shape index (κ1) is 20.4. The first-order valence-electron chi connectivity index (χ1n) is 8.85. The van der Waals surface area contributed by atoms with Gasteiger partial charge in [-0.15, -0.1) is 0 Å². The predicted octanol–water partition coefficient (Wildman–Crippen LogP) is 3.75. The van der Waals surface area contributed by atoms with Gasteiger partial charge in [0.15, 0.2) is 17.6 Å². The van der Waals surface area contributed by atoms with Crippen molar-refractivity contribution < 1.29 is 23.7 Å². The quantitative estimate of drug-likeness (QED) is 0.725. The van der Waals surface area contributed by atoms with Crippen molar-refractivity contribution in [2.24, 2.45) is 0 Å². The number of nitrogens with one attached hydrogen (secondary N) is 1. The van der Waals surface area contributed by atoms with Crippen LogP contribution in [0.5, 0.6) is 23.0 Å². The van der Waals surface area contributed by atoms with Crippen molar-refractivity contribution in [3.05, 3.63) is 48.0 Å². The van der Waals surface area contributed by atoms with Gasteiger partial charge >= 0.3 is 0 Å². The van der Waals surface area contributed by atoms with Gasteiger partial charge in [0.25, 0.3) is 5.91 Å². The molecule has 0 radical (unpaired) electrons. The molecule has 146 valence electrons. The van der Waals surface area contributed by atoms with E-state index in [0.29, 0.717) is 23.0 Å². The number of hydrogen-bond acceptors (Lipinski definition) is 5. The zero-order valence-corrected chi connectivity index (χ0v) is 16.4. The molecule has 1 N–H and O–H groups in total. The standard InChI is InChI=1S/C21H27NO5/c1-6-18(15-10-11-19(25-4)20(12-15)26-5)22-21(23)14(2)27-17-9-7-8-16(13-17)24-3/h7-14,18H,6H2,1-5H3,(H,22,23)/t14-,18-/m0/s1. The van der Waals surface area contributed by atoms with Crippen LogP contribution in [-0.4, -0.2) is 33.3 Å². The zero-order chi connectivity index (χ0) is 19.8. The second kappa shape index (κ2) is 9.71. The van der Waals surface area contributed by atoms with Crippen molar-refractivity contribution in [3.8, 4) is 23.0 Å². The second-order valence-electron chi connectivity index (χ2n) is 6.02. The second-order valence-corrected chi connectivity index (χ2v) is 6.02. The smallest absolute Gasteiger partial charge is 0.261 e. The van der Waals surface area contributed by atoms with Crippen LogP contribution in [0.25, 0.3) is 0 Å². The van der Waals surface area contributed by atoms with Crippen molar-refractivity contribution in [3.63, 3.8) is 0 Å². The van der Waals surface area contributed by atoms with Crippen LogP contribution in [0.1, 0.15) is 31.9 Å². The SMILES string of the molecule is CC[C@H](NC(=O)[C@H](C)Oc1cccc(OC)c1)c1ccc(OC)c(OC)c1. The number of rotatable bonds is 9. The molecule has 0 aliphatic carbocycles. The first-order valence-corrected chi connectivity index (χ1v) is 8.85. The fraction of sp³-hybridized carbons (Fsp3) is 0.381. The maximum atomic E-state index is 12.6. The highest BCUT2D eigenvalue weighted by molar-refractivity contribution is 5.81. The molecule has 2 aromatic rings. The molecule has 0 bridgehead atoms. The van der Waals surface area contributed by atoms with Crippen LogP contribution in [0.15, 0.2) is 42.5 Å². The summed E-state index contributed by atoms with van der Waals surface area (Å²) in [6.07, 6.45) is 0.0823. The lowest BCUT2D eigenvalue weighted by molar-refractivity contribution is -0.128. The maximum Gasteiger partial charge on any atom is 0.261 e. The molecule has 0 saturated carbocycles. The summed E-state index contributed by atoms with van der Waals surface area (Å²) in [5.74, 6) is 2.34. The Morgan fingerprint density at radius 3 is 2.30 bits per heavy atom. The van der Waals surface area contributed by atoms with E-state index in [1.807, 2.05) is 37.3 Å². The number of amides is 1. The summed E-state index contributed by atoms with van der Waals surface area (Å²) in [4.78, 5) is 12.6. The molecule has 0 unspecified atom stereocenters. The fourth-order valence-corrected chi connectivity index (χ4v) is 2.71. The Kier molecular flexibility index (Phi) is 7.34. The summed E-state index contributed by atoms with van der Waals surface area (Å²) >= 11 is 0. The summed E-state index contributed by atoms with van der Waals surface area (Å²) in [5, 5.41) is 3.03. The molecular formula is C21H27NO5. The first-order chi connectivity index (χ1) is 13.0. The Labute approximate surface area is 160 Å². The van der Waals surface area contributed by atoms with Crippen LogP contribution in [-0.2, 0) is 4.79 Å². The Balaban J connectivity index is 2.07. The molecule has 1 amide bonds. The Morgan fingerprint density at radius 1 is 0.963 bits per heavy atom. The van der Waals surface area contributed by atoms with E-state index >= 15 is 0 Å². The molecule has 0 heterocycles. The lowest BCUT2D eigenvalue weighted by Gasteiger charge is -2.22. The van der Waals surface area contributed by atoms with E-state index in [2.05, 4.69) is 5.32 Å². The Bertz CT molecular complexity index is 762. The van der Waals surface area contributed by atoms with Crippen LogP contribution < -0.4 is 24.3 Å². The van der Waals surface area contributed by atoms with Crippen molar-refractivity contribution in [2.45, 2.75) is 32.4 Å². The van der Waals surface area contributed by atoms with E-state index in [0.717, 1.165) is 12.0 Å². The normalized spacial score (nSPS) is 12.6. The van der Waals surface area contributed by atoms with Gasteiger partial charge in [0.2, 0.25) is 0 Å². The van der Waals surface area contributed by atoms with Crippen LogP contribution in [0.2, 0.25) is 0 Å². The average molecular weight is 373 g/mol. The molecule has 0 aliphatic heterocycles. The third kappa shape index (κ3) is 5.29.